The zero-order valence-electron chi connectivity index (χ0n) is 9.99. The van der Waals surface area contributed by atoms with Gasteiger partial charge < -0.3 is 20.3 Å². The summed E-state index contributed by atoms with van der Waals surface area (Å²) in [6.07, 6.45) is 0.822. The summed E-state index contributed by atoms with van der Waals surface area (Å²) in [4.78, 5) is 0. The lowest BCUT2D eigenvalue weighted by atomic mass is 9.96. The third-order valence-electron chi connectivity index (χ3n) is 2.66. The molecule has 90 valence electrons. The summed E-state index contributed by atoms with van der Waals surface area (Å²) >= 11 is 0. The Morgan fingerprint density at radius 3 is 2.31 bits per heavy atom. The molecule has 1 atom stereocenters. The molecule has 1 unspecified atom stereocenters. The lowest BCUT2D eigenvalue weighted by Gasteiger charge is -2.16. The first-order valence-electron chi connectivity index (χ1n) is 5.29. The van der Waals surface area contributed by atoms with Crippen LogP contribution in [-0.2, 0) is 0 Å². The molecule has 0 spiro atoms. The Morgan fingerprint density at radius 2 is 1.81 bits per heavy atom. The maximum Gasteiger partial charge on any atom is 0.164 e. The second-order valence-corrected chi connectivity index (χ2v) is 3.74. The topological polar surface area (TPSA) is 64.7 Å². The van der Waals surface area contributed by atoms with E-state index in [1.54, 1.807) is 26.4 Å². The number of aromatic hydroxyl groups is 1. The van der Waals surface area contributed by atoms with Crippen molar-refractivity contribution in [3.8, 4) is 17.2 Å². The van der Waals surface area contributed by atoms with Crippen LogP contribution in [0.15, 0.2) is 12.1 Å². The molecule has 0 heterocycles. The van der Waals surface area contributed by atoms with Gasteiger partial charge in [-0.25, -0.2) is 0 Å². The third kappa shape index (κ3) is 2.58. The van der Waals surface area contributed by atoms with Crippen LogP contribution in [0, 0.1) is 0 Å². The molecule has 0 saturated heterocycles. The van der Waals surface area contributed by atoms with Crippen molar-refractivity contribution in [1.82, 2.24) is 0 Å². The van der Waals surface area contributed by atoms with E-state index in [-0.39, 0.29) is 11.7 Å². The minimum atomic E-state index is 0.199. The number of ether oxygens (including phenoxy) is 2. The van der Waals surface area contributed by atoms with E-state index in [0.717, 1.165) is 12.0 Å². The Bertz CT molecular complexity index is 352. The Hall–Kier alpha value is -1.42. The van der Waals surface area contributed by atoms with Crippen LogP contribution in [0.3, 0.4) is 0 Å². The van der Waals surface area contributed by atoms with Gasteiger partial charge in [-0.3, -0.25) is 0 Å². The molecule has 4 heteroatoms. The van der Waals surface area contributed by atoms with E-state index in [1.165, 1.54) is 0 Å². The van der Waals surface area contributed by atoms with E-state index < -0.39 is 0 Å². The van der Waals surface area contributed by atoms with Gasteiger partial charge in [-0.2, -0.15) is 0 Å². The van der Waals surface area contributed by atoms with Gasteiger partial charge in [-0.1, -0.05) is 6.92 Å². The van der Waals surface area contributed by atoms with Crippen LogP contribution in [0.5, 0.6) is 17.2 Å². The molecule has 0 bridgehead atoms. The molecule has 16 heavy (non-hydrogen) atoms. The molecule has 0 fully saturated rings. The van der Waals surface area contributed by atoms with Crippen molar-refractivity contribution >= 4 is 0 Å². The summed E-state index contributed by atoms with van der Waals surface area (Å²) in [6, 6.07) is 3.37. The number of hydrogen-bond donors (Lipinski definition) is 2. The van der Waals surface area contributed by atoms with Crippen molar-refractivity contribution in [2.75, 3.05) is 20.8 Å². The van der Waals surface area contributed by atoms with Crippen molar-refractivity contribution < 1.29 is 14.6 Å². The second-order valence-electron chi connectivity index (χ2n) is 3.74. The lowest BCUT2D eigenvalue weighted by molar-refractivity contribution is 0.349. The first-order chi connectivity index (χ1) is 7.63. The van der Waals surface area contributed by atoms with Crippen molar-refractivity contribution in [2.45, 2.75) is 19.3 Å². The number of methoxy groups -OCH3 is 2. The monoisotopic (exact) mass is 225 g/mol. The molecule has 0 aliphatic rings. The fourth-order valence-electron chi connectivity index (χ4n) is 1.68. The average Bonchev–Trinajstić information content (AvgIpc) is 2.28. The maximum atomic E-state index is 9.86. The summed E-state index contributed by atoms with van der Waals surface area (Å²) in [7, 11) is 3.12. The first-order valence-corrected chi connectivity index (χ1v) is 5.29. The third-order valence-corrected chi connectivity index (χ3v) is 2.66. The maximum absolute atomic E-state index is 9.86. The Morgan fingerprint density at radius 1 is 1.25 bits per heavy atom. The van der Waals surface area contributed by atoms with Gasteiger partial charge in [-0.15, -0.1) is 0 Å². The fraction of sp³-hybridized carbons (Fsp3) is 0.500. The highest BCUT2D eigenvalue weighted by atomic mass is 16.5. The number of rotatable bonds is 5. The zero-order valence-corrected chi connectivity index (χ0v) is 9.99. The van der Waals surface area contributed by atoms with Crippen LogP contribution < -0.4 is 15.2 Å². The number of benzene rings is 1. The van der Waals surface area contributed by atoms with Gasteiger partial charge in [0.2, 0.25) is 0 Å². The van der Waals surface area contributed by atoms with Gasteiger partial charge in [-0.05, 0) is 24.9 Å². The van der Waals surface area contributed by atoms with Crippen molar-refractivity contribution in [3.63, 3.8) is 0 Å². The van der Waals surface area contributed by atoms with Gasteiger partial charge in [0.25, 0.3) is 0 Å². The molecule has 0 amide bonds. The largest absolute Gasteiger partial charge is 0.508 e. The number of phenols is 1. The molecule has 0 aliphatic carbocycles. The predicted molar refractivity (Wildman–Crippen MR) is 63.3 cm³/mol. The quantitative estimate of drug-likeness (QED) is 0.802. The summed E-state index contributed by atoms with van der Waals surface area (Å²) < 4.78 is 10.3. The minimum Gasteiger partial charge on any atom is -0.508 e. The Labute approximate surface area is 96.0 Å². The molecule has 1 aromatic rings. The second kappa shape index (κ2) is 5.61. The SMILES string of the molecule is COc1cc(O)c(C(C)CCN)cc1OC. The lowest BCUT2D eigenvalue weighted by Crippen LogP contribution is -2.05. The van der Waals surface area contributed by atoms with E-state index in [1.807, 2.05) is 6.92 Å². The van der Waals surface area contributed by atoms with Crippen LogP contribution >= 0.6 is 0 Å². The van der Waals surface area contributed by atoms with E-state index in [4.69, 9.17) is 15.2 Å². The van der Waals surface area contributed by atoms with Crippen molar-refractivity contribution in [1.29, 1.82) is 0 Å². The van der Waals surface area contributed by atoms with Gasteiger partial charge in [0.1, 0.15) is 5.75 Å². The van der Waals surface area contributed by atoms with Crippen molar-refractivity contribution in [2.24, 2.45) is 5.73 Å². The molecule has 0 radical (unpaired) electrons. The van der Waals surface area contributed by atoms with Crippen LogP contribution in [0.4, 0.5) is 0 Å². The molecule has 0 saturated carbocycles. The fourth-order valence-corrected chi connectivity index (χ4v) is 1.68. The molecular weight excluding hydrogens is 206 g/mol. The highest BCUT2D eigenvalue weighted by Gasteiger charge is 2.14. The number of nitrogens with two attached hydrogens (primary N) is 1. The summed E-state index contributed by atoms with van der Waals surface area (Å²) in [5, 5.41) is 9.86. The molecule has 3 N–H and O–H groups in total. The Balaban J connectivity index is 3.10. The van der Waals surface area contributed by atoms with Gasteiger partial charge >= 0.3 is 0 Å². The highest BCUT2D eigenvalue weighted by molar-refractivity contribution is 5.51. The normalized spacial score (nSPS) is 12.2. The summed E-state index contributed by atoms with van der Waals surface area (Å²) in [5.41, 5.74) is 6.34. The van der Waals surface area contributed by atoms with Crippen LogP contribution in [-0.4, -0.2) is 25.9 Å². The van der Waals surface area contributed by atoms with Crippen molar-refractivity contribution in [3.05, 3.63) is 17.7 Å². The zero-order chi connectivity index (χ0) is 12.1. The average molecular weight is 225 g/mol. The molecule has 1 aromatic carbocycles. The molecule has 0 aromatic heterocycles. The smallest absolute Gasteiger partial charge is 0.164 e. The molecule has 1 rings (SSSR count). The van der Waals surface area contributed by atoms with Gasteiger partial charge in [0.15, 0.2) is 11.5 Å². The standard InChI is InChI=1S/C12H19NO3/c1-8(4-5-13)9-6-11(15-2)12(16-3)7-10(9)14/h6-8,14H,4-5,13H2,1-3H3. The van der Waals surface area contributed by atoms with Crippen LogP contribution in [0.25, 0.3) is 0 Å². The number of phenolic OH excluding ortho intramolecular Hbond substituents is 1. The van der Waals surface area contributed by atoms with Gasteiger partial charge in [0.05, 0.1) is 14.2 Å². The first kappa shape index (κ1) is 12.6. The van der Waals surface area contributed by atoms with Crippen LogP contribution in [0.2, 0.25) is 0 Å². The summed E-state index contributed by atoms with van der Waals surface area (Å²) in [5.74, 6) is 1.58. The van der Waals surface area contributed by atoms with E-state index in [2.05, 4.69) is 0 Å². The predicted octanol–water partition coefficient (Wildman–Crippen LogP) is 1.86. The van der Waals surface area contributed by atoms with E-state index in [9.17, 15) is 5.11 Å². The van der Waals surface area contributed by atoms with Gasteiger partial charge in [0, 0.05) is 11.6 Å². The molecular formula is C12H19NO3. The Kier molecular flexibility index (Phi) is 4.43. The van der Waals surface area contributed by atoms with Crippen LogP contribution in [0.1, 0.15) is 24.8 Å². The van der Waals surface area contributed by atoms with E-state index in [0.29, 0.717) is 18.0 Å². The minimum absolute atomic E-state index is 0.199. The molecule has 0 aliphatic heterocycles. The van der Waals surface area contributed by atoms with E-state index >= 15 is 0 Å². The number of hydrogen-bond acceptors (Lipinski definition) is 4. The molecule has 4 nitrogen and oxygen atoms in total. The summed E-state index contributed by atoms with van der Waals surface area (Å²) in [6.45, 7) is 2.61. The highest BCUT2D eigenvalue weighted by Crippen LogP contribution is 2.38.